The number of carbonyl (C=O) groups is 1. The standard InChI is InChI=1S/C11H13ClO3/c12-10-7-9(8-14)3-4-11(10)15-6-2-1-5-13/h3-4,7-8,13H,1-2,5-6H2. The van der Waals surface area contributed by atoms with Gasteiger partial charge < -0.3 is 9.84 Å². The summed E-state index contributed by atoms with van der Waals surface area (Å²) in [5.41, 5.74) is 0.530. The number of halogens is 1. The number of benzene rings is 1. The van der Waals surface area contributed by atoms with Crippen LogP contribution in [-0.4, -0.2) is 24.6 Å². The SMILES string of the molecule is O=Cc1ccc(OCCCCO)c(Cl)c1. The smallest absolute Gasteiger partial charge is 0.150 e. The Bertz CT molecular complexity index is 326. The predicted octanol–water partition coefficient (Wildman–Crippen LogP) is 2.30. The van der Waals surface area contributed by atoms with Crippen molar-refractivity contribution in [3.63, 3.8) is 0 Å². The van der Waals surface area contributed by atoms with Gasteiger partial charge in [0.15, 0.2) is 0 Å². The van der Waals surface area contributed by atoms with Crippen LogP contribution in [0.25, 0.3) is 0 Å². The van der Waals surface area contributed by atoms with Crippen LogP contribution in [0.4, 0.5) is 0 Å². The minimum Gasteiger partial charge on any atom is -0.492 e. The summed E-state index contributed by atoms with van der Waals surface area (Å²) in [4.78, 5) is 10.4. The molecule has 1 N–H and O–H groups in total. The first-order valence-electron chi connectivity index (χ1n) is 4.76. The maximum absolute atomic E-state index is 10.4. The summed E-state index contributed by atoms with van der Waals surface area (Å²) < 4.78 is 5.38. The van der Waals surface area contributed by atoms with E-state index >= 15 is 0 Å². The van der Waals surface area contributed by atoms with E-state index < -0.39 is 0 Å². The summed E-state index contributed by atoms with van der Waals surface area (Å²) in [6.07, 6.45) is 2.23. The molecule has 0 atom stereocenters. The van der Waals surface area contributed by atoms with E-state index in [0.29, 0.717) is 29.4 Å². The first-order chi connectivity index (χ1) is 7.27. The highest BCUT2D eigenvalue weighted by Crippen LogP contribution is 2.24. The van der Waals surface area contributed by atoms with E-state index in [1.54, 1.807) is 18.2 Å². The average Bonchev–Trinajstić information content (AvgIpc) is 2.26. The van der Waals surface area contributed by atoms with Crippen molar-refractivity contribution in [2.75, 3.05) is 13.2 Å². The third-order valence-corrected chi connectivity index (χ3v) is 2.20. The molecule has 0 bridgehead atoms. The number of aldehydes is 1. The molecule has 1 aromatic rings. The number of aliphatic hydroxyl groups is 1. The number of hydrogen-bond acceptors (Lipinski definition) is 3. The van der Waals surface area contributed by atoms with Gasteiger partial charge in [0, 0.05) is 12.2 Å². The van der Waals surface area contributed by atoms with E-state index in [1.165, 1.54) is 0 Å². The monoisotopic (exact) mass is 228 g/mol. The molecule has 0 amide bonds. The van der Waals surface area contributed by atoms with Crippen LogP contribution in [-0.2, 0) is 0 Å². The van der Waals surface area contributed by atoms with Crippen molar-refractivity contribution in [1.29, 1.82) is 0 Å². The van der Waals surface area contributed by atoms with Crippen molar-refractivity contribution in [1.82, 2.24) is 0 Å². The molecule has 0 aliphatic carbocycles. The van der Waals surface area contributed by atoms with E-state index in [9.17, 15) is 4.79 Å². The van der Waals surface area contributed by atoms with E-state index in [2.05, 4.69) is 0 Å². The lowest BCUT2D eigenvalue weighted by Gasteiger charge is -2.07. The third-order valence-electron chi connectivity index (χ3n) is 1.90. The average molecular weight is 229 g/mol. The molecule has 0 fully saturated rings. The van der Waals surface area contributed by atoms with E-state index in [4.69, 9.17) is 21.4 Å². The van der Waals surface area contributed by atoms with Crippen LogP contribution < -0.4 is 4.74 Å². The van der Waals surface area contributed by atoms with Gasteiger partial charge >= 0.3 is 0 Å². The molecule has 15 heavy (non-hydrogen) atoms. The van der Waals surface area contributed by atoms with Crippen molar-refractivity contribution >= 4 is 17.9 Å². The van der Waals surface area contributed by atoms with Gasteiger partial charge in [0.2, 0.25) is 0 Å². The predicted molar refractivity (Wildman–Crippen MR) is 58.7 cm³/mol. The summed E-state index contributed by atoms with van der Waals surface area (Å²) >= 11 is 5.89. The molecule has 0 aromatic heterocycles. The zero-order valence-electron chi connectivity index (χ0n) is 8.28. The number of carbonyl (C=O) groups excluding carboxylic acids is 1. The first-order valence-corrected chi connectivity index (χ1v) is 5.14. The van der Waals surface area contributed by atoms with E-state index in [-0.39, 0.29) is 6.61 Å². The summed E-state index contributed by atoms with van der Waals surface area (Å²) in [6.45, 7) is 0.682. The quantitative estimate of drug-likeness (QED) is 0.600. The number of unbranched alkanes of at least 4 members (excludes halogenated alkanes) is 1. The number of hydrogen-bond donors (Lipinski definition) is 1. The van der Waals surface area contributed by atoms with Gasteiger partial charge in [0.25, 0.3) is 0 Å². The molecule has 4 heteroatoms. The van der Waals surface area contributed by atoms with Gasteiger partial charge in [-0.25, -0.2) is 0 Å². The Morgan fingerprint density at radius 3 is 2.80 bits per heavy atom. The first kappa shape index (κ1) is 12.0. The molecule has 0 radical (unpaired) electrons. The second-order valence-corrected chi connectivity index (χ2v) is 3.49. The molecular weight excluding hydrogens is 216 g/mol. The highest BCUT2D eigenvalue weighted by atomic mass is 35.5. The van der Waals surface area contributed by atoms with Crippen LogP contribution >= 0.6 is 11.6 Å². The van der Waals surface area contributed by atoms with Gasteiger partial charge in [-0.05, 0) is 31.0 Å². The van der Waals surface area contributed by atoms with Gasteiger partial charge in [-0.1, -0.05) is 11.6 Å². The Hall–Kier alpha value is -1.06. The number of aliphatic hydroxyl groups excluding tert-OH is 1. The second kappa shape index (κ2) is 6.43. The van der Waals surface area contributed by atoms with Crippen LogP contribution in [0.15, 0.2) is 18.2 Å². The summed E-state index contributed by atoms with van der Waals surface area (Å²) in [5.74, 6) is 0.570. The van der Waals surface area contributed by atoms with Crippen molar-refractivity contribution < 1.29 is 14.6 Å². The van der Waals surface area contributed by atoms with Crippen LogP contribution in [0.5, 0.6) is 5.75 Å². The molecule has 1 aromatic carbocycles. The Morgan fingerprint density at radius 1 is 1.40 bits per heavy atom. The topological polar surface area (TPSA) is 46.5 Å². The lowest BCUT2D eigenvalue weighted by atomic mass is 10.2. The van der Waals surface area contributed by atoms with Gasteiger partial charge in [-0.3, -0.25) is 4.79 Å². The number of ether oxygens (including phenoxy) is 1. The molecule has 0 saturated heterocycles. The molecule has 0 unspecified atom stereocenters. The maximum Gasteiger partial charge on any atom is 0.150 e. The van der Waals surface area contributed by atoms with Gasteiger partial charge in [-0.2, -0.15) is 0 Å². The Labute approximate surface area is 93.6 Å². The number of rotatable bonds is 6. The zero-order valence-corrected chi connectivity index (χ0v) is 9.04. The second-order valence-electron chi connectivity index (χ2n) is 3.09. The fraction of sp³-hybridized carbons (Fsp3) is 0.364. The molecule has 0 saturated carbocycles. The maximum atomic E-state index is 10.4. The van der Waals surface area contributed by atoms with E-state index in [0.717, 1.165) is 12.7 Å². The lowest BCUT2D eigenvalue weighted by Crippen LogP contribution is -1.99. The molecular formula is C11H13ClO3. The largest absolute Gasteiger partial charge is 0.492 e. The molecule has 0 heterocycles. The summed E-state index contributed by atoms with van der Waals surface area (Å²) in [7, 11) is 0. The Morgan fingerprint density at radius 2 is 2.20 bits per heavy atom. The lowest BCUT2D eigenvalue weighted by molar-refractivity contribution is 0.112. The van der Waals surface area contributed by atoms with Crippen LogP contribution in [0.2, 0.25) is 5.02 Å². The van der Waals surface area contributed by atoms with Gasteiger partial charge in [-0.15, -0.1) is 0 Å². The normalized spacial score (nSPS) is 10.0. The molecule has 0 aliphatic heterocycles. The molecule has 1 rings (SSSR count). The summed E-state index contributed by atoms with van der Waals surface area (Å²) in [6, 6.07) is 4.89. The highest BCUT2D eigenvalue weighted by molar-refractivity contribution is 6.32. The van der Waals surface area contributed by atoms with Crippen LogP contribution in [0, 0.1) is 0 Å². The summed E-state index contributed by atoms with van der Waals surface area (Å²) in [5, 5.41) is 9.00. The Kier molecular flexibility index (Phi) is 5.15. The fourth-order valence-corrected chi connectivity index (χ4v) is 1.35. The highest BCUT2D eigenvalue weighted by Gasteiger charge is 2.02. The molecule has 3 nitrogen and oxygen atoms in total. The van der Waals surface area contributed by atoms with Gasteiger partial charge in [0.05, 0.1) is 11.6 Å². The van der Waals surface area contributed by atoms with E-state index in [1.807, 2.05) is 0 Å². The molecule has 82 valence electrons. The fourth-order valence-electron chi connectivity index (χ4n) is 1.10. The minimum absolute atomic E-state index is 0.168. The molecule has 0 spiro atoms. The van der Waals surface area contributed by atoms with Crippen molar-refractivity contribution in [2.45, 2.75) is 12.8 Å². The third kappa shape index (κ3) is 3.90. The zero-order chi connectivity index (χ0) is 11.1. The minimum atomic E-state index is 0.168. The Balaban J connectivity index is 2.50. The van der Waals surface area contributed by atoms with Crippen LogP contribution in [0.1, 0.15) is 23.2 Å². The molecule has 0 aliphatic rings. The van der Waals surface area contributed by atoms with Crippen LogP contribution in [0.3, 0.4) is 0 Å². The van der Waals surface area contributed by atoms with Crippen molar-refractivity contribution in [3.05, 3.63) is 28.8 Å². The van der Waals surface area contributed by atoms with Gasteiger partial charge in [0.1, 0.15) is 12.0 Å². The van der Waals surface area contributed by atoms with Crippen molar-refractivity contribution in [3.8, 4) is 5.75 Å². The van der Waals surface area contributed by atoms with Crippen molar-refractivity contribution in [2.24, 2.45) is 0 Å².